The quantitative estimate of drug-likeness (QED) is 0.498. The molecule has 4 heteroatoms. The average molecular weight is 348 g/mol. The van der Waals surface area contributed by atoms with Gasteiger partial charge in [0.2, 0.25) is 0 Å². The number of rotatable bonds is 2. The van der Waals surface area contributed by atoms with E-state index in [1.807, 2.05) is 54.6 Å². The van der Waals surface area contributed by atoms with Gasteiger partial charge in [0.25, 0.3) is 0 Å². The van der Waals surface area contributed by atoms with Crippen LogP contribution in [0.1, 0.15) is 5.56 Å². The zero-order valence-corrected chi connectivity index (χ0v) is 13.3. The van der Waals surface area contributed by atoms with Crippen molar-refractivity contribution < 1.29 is 32.4 Å². The fourth-order valence-electron chi connectivity index (χ4n) is 1.81. The van der Waals surface area contributed by atoms with Gasteiger partial charge < -0.3 is 15.3 Å². The monoisotopic (exact) mass is 348 g/mol. The van der Waals surface area contributed by atoms with Gasteiger partial charge in [-0.3, -0.25) is 0 Å². The van der Waals surface area contributed by atoms with Crippen LogP contribution in [0.15, 0.2) is 90.6 Å². The topological polar surface area (TPSA) is 63.5 Å². The molecule has 0 fully saturated rings. The molecule has 0 unspecified atom stereocenters. The van der Waals surface area contributed by atoms with Gasteiger partial charge in [0, 0.05) is 11.6 Å². The van der Waals surface area contributed by atoms with Crippen molar-refractivity contribution in [3.8, 4) is 11.5 Å². The predicted molar refractivity (Wildman–Crippen MR) is 86.1 cm³/mol. The van der Waals surface area contributed by atoms with Crippen LogP contribution < -0.4 is 5.11 Å². The molecule has 2 aromatic rings. The molecule has 0 radical (unpaired) electrons. The van der Waals surface area contributed by atoms with Gasteiger partial charge in [-0.25, -0.2) is 12.1 Å². The van der Waals surface area contributed by atoms with Gasteiger partial charge in [0.15, 0.2) is 0 Å². The number of hydrogen-bond acceptors (Lipinski definition) is 3. The van der Waals surface area contributed by atoms with E-state index in [4.69, 9.17) is 5.11 Å². The first kappa shape index (κ1) is 18.5. The van der Waals surface area contributed by atoms with Gasteiger partial charge in [-0.15, -0.1) is 0 Å². The first-order valence-electron chi connectivity index (χ1n) is 6.79. The molecule has 23 heavy (non-hydrogen) atoms. The van der Waals surface area contributed by atoms with Gasteiger partial charge in [-0.2, -0.15) is 18.2 Å². The molecule has 0 aliphatic heterocycles. The molecule has 0 saturated heterocycles. The Bertz CT molecular complexity index is 692. The fourth-order valence-corrected chi connectivity index (χ4v) is 1.81. The average Bonchev–Trinajstić information content (AvgIpc) is 3.21. The summed E-state index contributed by atoms with van der Waals surface area (Å²) in [6.07, 6.45) is 10.6. The van der Waals surface area contributed by atoms with E-state index in [1.165, 1.54) is 18.2 Å². The number of phenolic OH excluding ortho intramolecular Hbond substituents is 2. The Labute approximate surface area is 146 Å². The Morgan fingerprint density at radius 1 is 1.04 bits per heavy atom. The number of benzene rings is 1. The third-order valence-corrected chi connectivity index (χ3v) is 2.92. The van der Waals surface area contributed by atoms with Crippen LogP contribution >= 0.6 is 0 Å². The molecule has 0 bridgehead atoms. The molecule has 0 amide bonds. The van der Waals surface area contributed by atoms with Crippen molar-refractivity contribution in [1.29, 1.82) is 0 Å². The standard InChI is InChI=1S/C14H12O3.C5H5.Fe/c15-11-6-7-12(14(17)9-11)13(16)8-5-10-3-1-2-4-10;1-2-4-5-3-1;/h1-9,15-17H;1-5H;/q;-1;+2/p-1. The van der Waals surface area contributed by atoms with Crippen molar-refractivity contribution in [2.75, 3.05) is 0 Å². The minimum atomic E-state index is -0.302. The van der Waals surface area contributed by atoms with Gasteiger partial charge >= 0.3 is 17.1 Å². The summed E-state index contributed by atoms with van der Waals surface area (Å²) in [6, 6.07) is 13.9. The molecule has 3 nitrogen and oxygen atoms in total. The number of hydrogen-bond donors (Lipinski definition) is 2. The largest absolute Gasteiger partial charge is 2.00 e. The second kappa shape index (κ2) is 9.46. The summed E-state index contributed by atoms with van der Waals surface area (Å²) in [7, 11) is 0. The minimum absolute atomic E-state index is 0. The summed E-state index contributed by atoms with van der Waals surface area (Å²) in [5.74, 6) is -0.593. The first-order valence-corrected chi connectivity index (χ1v) is 6.79. The van der Waals surface area contributed by atoms with Crippen LogP contribution in [0.2, 0.25) is 0 Å². The van der Waals surface area contributed by atoms with Crippen molar-refractivity contribution in [3.63, 3.8) is 0 Å². The molecule has 0 heterocycles. The van der Waals surface area contributed by atoms with Crippen LogP contribution in [0.3, 0.4) is 0 Å². The molecule has 0 spiro atoms. The Kier molecular flexibility index (Phi) is 7.61. The normalized spacial score (nSPS) is 12.3. The Hall–Kier alpha value is -2.55. The zero-order chi connectivity index (χ0) is 15.8. The van der Waals surface area contributed by atoms with Crippen molar-refractivity contribution in [2.45, 2.75) is 0 Å². The van der Waals surface area contributed by atoms with Crippen molar-refractivity contribution in [1.82, 2.24) is 0 Å². The van der Waals surface area contributed by atoms with Crippen LogP contribution in [-0.4, -0.2) is 10.2 Å². The first-order chi connectivity index (χ1) is 10.7. The smallest absolute Gasteiger partial charge is 0.872 e. The SMILES string of the molecule is [Fe+2].[O-]C(=CC=C1C=CC=C1)c1ccc(O)cc1O.c1cc[cH-]c1. The maximum absolute atomic E-state index is 11.7. The van der Waals surface area contributed by atoms with Crippen LogP contribution in [0.5, 0.6) is 11.5 Å². The second-order valence-corrected chi connectivity index (χ2v) is 4.58. The van der Waals surface area contributed by atoms with Crippen LogP contribution in [0.4, 0.5) is 0 Å². The van der Waals surface area contributed by atoms with Crippen molar-refractivity contribution in [3.05, 3.63) is 96.1 Å². The number of allylic oxidation sites excluding steroid dienone is 7. The predicted octanol–water partition coefficient (Wildman–Crippen LogP) is 3.25. The summed E-state index contributed by atoms with van der Waals surface area (Å²) in [5, 5.41) is 30.4. The molecule has 118 valence electrons. The molecule has 0 atom stereocenters. The van der Waals surface area contributed by atoms with E-state index < -0.39 is 0 Å². The van der Waals surface area contributed by atoms with E-state index in [0.717, 1.165) is 11.6 Å². The molecule has 0 aromatic heterocycles. The molecule has 2 N–H and O–H groups in total. The Morgan fingerprint density at radius 3 is 2.22 bits per heavy atom. The van der Waals surface area contributed by atoms with E-state index in [9.17, 15) is 10.2 Å². The minimum Gasteiger partial charge on any atom is -0.872 e. The molecule has 1 aliphatic rings. The third kappa shape index (κ3) is 5.99. The summed E-state index contributed by atoms with van der Waals surface area (Å²) in [6.45, 7) is 0. The molecule has 3 rings (SSSR count). The molecular formula is C19H16FeO3. The number of phenols is 2. The summed E-state index contributed by atoms with van der Waals surface area (Å²) in [4.78, 5) is 0. The van der Waals surface area contributed by atoms with Crippen LogP contribution in [0.25, 0.3) is 5.76 Å². The van der Waals surface area contributed by atoms with Gasteiger partial charge in [-0.05, 0) is 17.7 Å². The van der Waals surface area contributed by atoms with Gasteiger partial charge in [-0.1, -0.05) is 42.2 Å². The third-order valence-electron chi connectivity index (χ3n) is 2.92. The van der Waals surface area contributed by atoms with Crippen molar-refractivity contribution in [2.24, 2.45) is 0 Å². The maximum atomic E-state index is 11.7. The molecule has 1 aliphatic carbocycles. The summed E-state index contributed by atoms with van der Waals surface area (Å²) >= 11 is 0. The molecule has 0 saturated carbocycles. The van der Waals surface area contributed by atoms with E-state index in [0.29, 0.717) is 0 Å². The van der Waals surface area contributed by atoms with Crippen molar-refractivity contribution >= 4 is 5.76 Å². The van der Waals surface area contributed by atoms with E-state index in [-0.39, 0.29) is 39.9 Å². The maximum Gasteiger partial charge on any atom is 2.00 e. The number of aromatic hydroxyl groups is 2. The Balaban J connectivity index is 0.000000377. The van der Waals surface area contributed by atoms with E-state index in [1.54, 1.807) is 6.08 Å². The molecular weight excluding hydrogens is 332 g/mol. The summed E-state index contributed by atoms with van der Waals surface area (Å²) in [5.41, 5.74) is 1.10. The Morgan fingerprint density at radius 2 is 1.70 bits per heavy atom. The van der Waals surface area contributed by atoms with Gasteiger partial charge in [0.1, 0.15) is 11.5 Å². The van der Waals surface area contributed by atoms with E-state index >= 15 is 0 Å². The second-order valence-electron chi connectivity index (χ2n) is 4.58. The zero-order valence-electron chi connectivity index (χ0n) is 12.2. The van der Waals surface area contributed by atoms with E-state index in [2.05, 4.69) is 0 Å². The van der Waals surface area contributed by atoms with Gasteiger partial charge in [0.05, 0.1) is 0 Å². The van der Waals surface area contributed by atoms with Crippen LogP contribution in [-0.2, 0) is 17.1 Å². The summed E-state index contributed by atoms with van der Waals surface area (Å²) < 4.78 is 0. The molecule has 2 aromatic carbocycles. The van der Waals surface area contributed by atoms with Crippen LogP contribution in [0, 0.1) is 0 Å². The fraction of sp³-hybridized carbons (Fsp3) is 0.